The van der Waals surface area contributed by atoms with Gasteiger partial charge in [-0.2, -0.15) is 0 Å². The van der Waals surface area contributed by atoms with Crippen molar-refractivity contribution in [1.29, 1.82) is 0 Å². The van der Waals surface area contributed by atoms with Gasteiger partial charge in [0.05, 0.1) is 5.75 Å². The first-order chi connectivity index (χ1) is 5.88. The molecule has 0 radical (unpaired) electrons. The van der Waals surface area contributed by atoms with Gasteiger partial charge in [-0.1, -0.05) is 17.7 Å². The van der Waals surface area contributed by atoms with Crippen molar-refractivity contribution in [2.45, 2.75) is 5.75 Å². The fourth-order valence-electron chi connectivity index (χ4n) is 0.855. The van der Waals surface area contributed by atoms with Gasteiger partial charge in [-0.15, -0.1) is 0 Å². The topological polar surface area (TPSA) is 60.2 Å². The van der Waals surface area contributed by atoms with Gasteiger partial charge in [0, 0.05) is 5.02 Å². The highest BCUT2D eigenvalue weighted by molar-refractivity contribution is 7.88. The van der Waals surface area contributed by atoms with E-state index >= 15 is 0 Å². The molecule has 0 bridgehead atoms. The van der Waals surface area contributed by atoms with E-state index in [0.29, 0.717) is 5.56 Å². The van der Waals surface area contributed by atoms with Crippen LogP contribution in [0.1, 0.15) is 5.56 Å². The van der Waals surface area contributed by atoms with Crippen LogP contribution in [0.15, 0.2) is 18.2 Å². The van der Waals surface area contributed by atoms with Crippen LogP contribution in [0.25, 0.3) is 0 Å². The van der Waals surface area contributed by atoms with Crippen LogP contribution in [0.2, 0.25) is 5.02 Å². The molecule has 0 spiro atoms. The molecule has 0 aromatic heterocycles. The molecule has 0 unspecified atom stereocenters. The van der Waals surface area contributed by atoms with Crippen molar-refractivity contribution in [2.24, 2.45) is 5.14 Å². The van der Waals surface area contributed by atoms with E-state index in [1.54, 1.807) is 0 Å². The van der Waals surface area contributed by atoms with Gasteiger partial charge in [0.2, 0.25) is 10.0 Å². The number of nitrogens with two attached hydrogens (primary N) is 1. The van der Waals surface area contributed by atoms with E-state index in [0.717, 1.165) is 12.1 Å². The number of primary sulfonamides is 1. The van der Waals surface area contributed by atoms with Gasteiger partial charge in [0.1, 0.15) is 5.82 Å². The minimum atomic E-state index is -3.62. The smallest absolute Gasteiger partial charge is 0.213 e. The Balaban J connectivity index is 3.04. The predicted octanol–water partition coefficient (Wildman–Crippen LogP) is 1.27. The summed E-state index contributed by atoms with van der Waals surface area (Å²) in [5.41, 5.74) is 0.297. The molecule has 72 valence electrons. The Bertz CT molecular complexity index is 419. The first kappa shape index (κ1) is 10.4. The second kappa shape index (κ2) is 3.61. The van der Waals surface area contributed by atoms with Crippen LogP contribution < -0.4 is 5.14 Å². The zero-order chi connectivity index (χ0) is 10.1. The second-order valence-electron chi connectivity index (χ2n) is 2.54. The lowest BCUT2D eigenvalue weighted by atomic mass is 10.2. The summed E-state index contributed by atoms with van der Waals surface area (Å²) in [5, 5.41) is 4.86. The zero-order valence-corrected chi connectivity index (χ0v) is 8.07. The average molecular weight is 224 g/mol. The first-order valence-electron chi connectivity index (χ1n) is 3.33. The molecule has 0 aliphatic carbocycles. The SMILES string of the molecule is NS(=O)(=O)Cc1ccc(F)cc1Cl. The van der Waals surface area contributed by atoms with E-state index in [1.807, 2.05) is 0 Å². The third-order valence-electron chi connectivity index (χ3n) is 1.37. The normalized spacial score (nSPS) is 11.6. The number of hydrogen-bond donors (Lipinski definition) is 1. The molecule has 6 heteroatoms. The van der Waals surface area contributed by atoms with Crippen LogP contribution >= 0.6 is 11.6 Å². The molecular formula is C7H7ClFNO2S. The van der Waals surface area contributed by atoms with Crippen LogP contribution in [0.4, 0.5) is 4.39 Å². The van der Waals surface area contributed by atoms with Gasteiger partial charge in [0.25, 0.3) is 0 Å². The number of hydrogen-bond acceptors (Lipinski definition) is 2. The summed E-state index contributed by atoms with van der Waals surface area (Å²) >= 11 is 5.58. The van der Waals surface area contributed by atoms with E-state index in [-0.39, 0.29) is 10.8 Å². The number of benzene rings is 1. The average Bonchev–Trinajstić information content (AvgIpc) is 1.93. The zero-order valence-electron chi connectivity index (χ0n) is 6.50. The maximum Gasteiger partial charge on any atom is 0.213 e. The molecule has 0 saturated heterocycles. The molecule has 0 heterocycles. The summed E-state index contributed by atoms with van der Waals surface area (Å²) < 4.78 is 33.8. The van der Waals surface area contributed by atoms with Crippen molar-refractivity contribution < 1.29 is 12.8 Å². The molecule has 0 aliphatic heterocycles. The van der Waals surface area contributed by atoms with Crippen molar-refractivity contribution in [3.63, 3.8) is 0 Å². The fraction of sp³-hybridized carbons (Fsp3) is 0.143. The Kier molecular flexibility index (Phi) is 2.90. The molecule has 0 saturated carbocycles. The first-order valence-corrected chi connectivity index (χ1v) is 5.42. The lowest BCUT2D eigenvalue weighted by molar-refractivity contribution is 0.596. The Labute approximate surface area is 80.4 Å². The Morgan fingerprint density at radius 2 is 2.08 bits per heavy atom. The monoisotopic (exact) mass is 223 g/mol. The Morgan fingerprint density at radius 1 is 1.46 bits per heavy atom. The third kappa shape index (κ3) is 3.30. The highest BCUT2D eigenvalue weighted by Crippen LogP contribution is 2.18. The molecule has 0 atom stereocenters. The minimum absolute atomic E-state index is 0.0639. The van der Waals surface area contributed by atoms with Gasteiger partial charge in [0.15, 0.2) is 0 Å². The van der Waals surface area contributed by atoms with Gasteiger partial charge in [-0.25, -0.2) is 17.9 Å². The van der Waals surface area contributed by atoms with Crippen molar-refractivity contribution in [3.8, 4) is 0 Å². The van der Waals surface area contributed by atoms with Gasteiger partial charge < -0.3 is 0 Å². The highest BCUT2D eigenvalue weighted by Gasteiger charge is 2.08. The maximum atomic E-state index is 12.5. The molecule has 2 N–H and O–H groups in total. The van der Waals surface area contributed by atoms with Crippen LogP contribution in [0, 0.1) is 5.82 Å². The number of sulfonamides is 1. The summed E-state index contributed by atoms with van der Waals surface area (Å²) in [5.74, 6) is -0.894. The largest absolute Gasteiger partial charge is 0.228 e. The van der Waals surface area contributed by atoms with Crippen molar-refractivity contribution in [1.82, 2.24) is 0 Å². The van der Waals surface area contributed by atoms with E-state index in [1.165, 1.54) is 6.07 Å². The molecule has 0 aliphatic rings. The van der Waals surface area contributed by atoms with Gasteiger partial charge >= 0.3 is 0 Å². The third-order valence-corrected chi connectivity index (χ3v) is 2.44. The molecule has 0 amide bonds. The standard InChI is InChI=1S/C7H7ClFNO2S/c8-7-3-6(9)2-1-5(7)4-13(10,11)12/h1-3H,4H2,(H2,10,11,12). The van der Waals surface area contributed by atoms with Crippen LogP contribution in [-0.2, 0) is 15.8 Å². The minimum Gasteiger partial charge on any atom is -0.228 e. The molecule has 1 aromatic carbocycles. The molecular weight excluding hydrogens is 217 g/mol. The summed E-state index contributed by atoms with van der Waals surface area (Å²) in [7, 11) is -3.62. The van der Waals surface area contributed by atoms with Crippen LogP contribution in [0.3, 0.4) is 0 Å². The Morgan fingerprint density at radius 3 is 2.54 bits per heavy atom. The molecule has 0 fully saturated rings. The molecule has 3 nitrogen and oxygen atoms in total. The highest BCUT2D eigenvalue weighted by atomic mass is 35.5. The molecule has 1 aromatic rings. The Hall–Kier alpha value is -0.650. The van der Waals surface area contributed by atoms with Crippen molar-refractivity contribution in [3.05, 3.63) is 34.6 Å². The summed E-state index contributed by atoms with van der Waals surface area (Å²) in [4.78, 5) is 0. The van der Waals surface area contributed by atoms with E-state index in [2.05, 4.69) is 0 Å². The summed E-state index contributed by atoms with van der Waals surface area (Å²) in [6.07, 6.45) is 0. The molecule has 13 heavy (non-hydrogen) atoms. The summed E-state index contributed by atoms with van der Waals surface area (Å²) in [6, 6.07) is 3.47. The quantitative estimate of drug-likeness (QED) is 0.821. The number of halogens is 2. The lowest BCUT2D eigenvalue weighted by Crippen LogP contribution is -2.14. The second-order valence-corrected chi connectivity index (χ2v) is 4.56. The van der Waals surface area contributed by atoms with Crippen molar-refractivity contribution in [2.75, 3.05) is 0 Å². The van der Waals surface area contributed by atoms with Crippen molar-refractivity contribution >= 4 is 21.6 Å². The summed E-state index contributed by atoms with van der Waals surface area (Å²) in [6.45, 7) is 0. The predicted molar refractivity (Wildman–Crippen MR) is 48.2 cm³/mol. The number of rotatable bonds is 2. The maximum absolute atomic E-state index is 12.5. The molecule has 1 rings (SSSR count). The van der Waals surface area contributed by atoms with E-state index in [9.17, 15) is 12.8 Å². The van der Waals surface area contributed by atoms with Crippen LogP contribution in [-0.4, -0.2) is 8.42 Å². The van der Waals surface area contributed by atoms with E-state index in [4.69, 9.17) is 16.7 Å². The van der Waals surface area contributed by atoms with Gasteiger partial charge in [-0.3, -0.25) is 0 Å². The van der Waals surface area contributed by atoms with E-state index < -0.39 is 15.8 Å². The van der Waals surface area contributed by atoms with Crippen LogP contribution in [0.5, 0.6) is 0 Å². The lowest BCUT2D eigenvalue weighted by Gasteiger charge is -2.01. The fourth-order valence-corrected chi connectivity index (χ4v) is 1.85. The van der Waals surface area contributed by atoms with Gasteiger partial charge in [-0.05, 0) is 17.7 Å².